The Morgan fingerprint density at radius 3 is 1.33 bits per heavy atom. The van der Waals surface area contributed by atoms with Crippen LogP contribution < -0.4 is 0 Å². The highest BCUT2D eigenvalue weighted by Gasteiger charge is 2.33. The SMILES string of the molecule is C[Si](C)(C)B[Si](Cl)(Cl)Cl. The molecule has 0 heterocycles. The molecular formula is C3H10BCl3Si2. The molecule has 0 atom stereocenters. The summed E-state index contributed by atoms with van der Waals surface area (Å²) in [6.07, 6.45) is 0. The second-order valence-corrected chi connectivity index (χ2v) is 18.7. The second kappa shape index (κ2) is 3.18. The quantitative estimate of drug-likeness (QED) is 0.494. The fourth-order valence-electron chi connectivity index (χ4n) is 0.601. The van der Waals surface area contributed by atoms with E-state index in [0.717, 1.165) is 6.46 Å². The molecule has 0 saturated carbocycles. The fraction of sp³-hybridized carbons (Fsp3) is 1.00. The molecule has 9 heavy (non-hydrogen) atoms. The van der Waals surface area contributed by atoms with Gasteiger partial charge in [-0.2, -0.15) is 0 Å². The molecule has 0 saturated heterocycles. The summed E-state index contributed by atoms with van der Waals surface area (Å²) in [7, 11) is -1.13. The van der Waals surface area contributed by atoms with Gasteiger partial charge in [0, 0.05) is 7.94 Å². The molecule has 0 aromatic heterocycles. The average molecular weight is 219 g/mol. The molecule has 0 fully saturated rings. The van der Waals surface area contributed by atoms with E-state index in [1.54, 1.807) is 0 Å². The van der Waals surface area contributed by atoms with Gasteiger partial charge in [-0.1, -0.05) is 19.6 Å². The van der Waals surface area contributed by atoms with E-state index in [-0.39, 0.29) is 0 Å². The third-order valence-corrected chi connectivity index (χ3v) is 10.2. The molecule has 0 aromatic carbocycles. The van der Waals surface area contributed by atoms with Gasteiger partial charge >= 0.3 is 0 Å². The summed E-state index contributed by atoms with van der Waals surface area (Å²) in [4.78, 5) is 0. The highest BCUT2D eigenvalue weighted by Crippen LogP contribution is 2.21. The summed E-state index contributed by atoms with van der Waals surface area (Å²) >= 11 is 17.2. The third kappa shape index (κ3) is 9.37. The molecule has 0 nitrogen and oxygen atoms in total. The maximum Gasteiger partial charge on any atom is 0.298 e. The van der Waals surface area contributed by atoms with Crippen molar-refractivity contribution in [3.8, 4) is 0 Å². The van der Waals surface area contributed by atoms with Crippen LogP contribution in [0.4, 0.5) is 0 Å². The van der Waals surface area contributed by atoms with E-state index in [4.69, 9.17) is 33.2 Å². The molecule has 0 amide bonds. The normalized spacial score (nSPS) is 13.6. The molecule has 0 aliphatic rings. The van der Waals surface area contributed by atoms with Crippen molar-refractivity contribution < 1.29 is 0 Å². The number of halogens is 3. The summed E-state index contributed by atoms with van der Waals surface area (Å²) < 4.78 is 0. The van der Waals surface area contributed by atoms with Crippen molar-refractivity contribution in [2.24, 2.45) is 0 Å². The first-order chi connectivity index (χ1) is 3.71. The first kappa shape index (κ1) is 10.4. The average Bonchev–Trinajstić information content (AvgIpc) is 1.14. The van der Waals surface area contributed by atoms with Gasteiger partial charge in [-0.05, 0) is 0 Å². The molecule has 0 radical (unpaired) electrons. The van der Waals surface area contributed by atoms with Gasteiger partial charge < -0.3 is 0 Å². The van der Waals surface area contributed by atoms with Crippen LogP contribution in [0.2, 0.25) is 19.6 Å². The van der Waals surface area contributed by atoms with Crippen LogP contribution in [-0.4, -0.2) is 20.3 Å². The van der Waals surface area contributed by atoms with Crippen molar-refractivity contribution in [1.29, 1.82) is 0 Å². The zero-order valence-corrected chi connectivity index (χ0v) is 10.1. The van der Waals surface area contributed by atoms with Crippen LogP contribution in [0.1, 0.15) is 0 Å². The van der Waals surface area contributed by atoms with Crippen LogP contribution in [0, 0.1) is 0 Å². The highest BCUT2D eigenvalue weighted by atomic mass is 35.8. The molecule has 0 N–H and O–H groups in total. The van der Waals surface area contributed by atoms with Gasteiger partial charge in [-0.3, -0.25) is 0 Å². The minimum atomic E-state index is -2.31. The van der Waals surface area contributed by atoms with Crippen molar-refractivity contribution in [2.75, 3.05) is 0 Å². The van der Waals surface area contributed by atoms with Crippen LogP contribution in [0.15, 0.2) is 0 Å². The topological polar surface area (TPSA) is 0 Å². The molecule has 0 aliphatic heterocycles. The van der Waals surface area contributed by atoms with E-state index < -0.39 is 13.8 Å². The lowest BCUT2D eigenvalue weighted by Crippen LogP contribution is -2.42. The van der Waals surface area contributed by atoms with Gasteiger partial charge in [0.25, 0.3) is 5.87 Å². The second-order valence-electron chi connectivity index (χ2n) is 3.35. The third-order valence-electron chi connectivity index (χ3n) is 0.731. The Hall–Kier alpha value is 1.37. The van der Waals surface area contributed by atoms with E-state index >= 15 is 0 Å². The predicted octanol–water partition coefficient (Wildman–Crippen LogP) is 2.41. The van der Waals surface area contributed by atoms with E-state index in [1.807, 2.05) is 0 Å². The molecule has 0 unspecified atom stereocenters. The minimum absolute atomic E-state index is 0.866. The monoisotopic (exact) mass is 218 g/mol. The smallest absolute Gasteiger partial charge is 0.136 e. The van der Waals surface area contributed by atoms with Crippen LogP contribution in [0.3, 0.4) is 0 Å². The lowest BCUT2D eigenvalue weighted by Gasteiger charge is -2.17. The van der Waals surface area contributed by atoms with Crippen molar-refractivity contribution in [1.82, 2.24) is 0 Å². The van der Waals surface area contributed by atoms with Gasteiger partial charge in [0.05, 0.1) is 0 Å². The van der Waals surface area contributed by atoms with Gasteiger partial charge in [0.2, 0.25) is 0 Å². The Morgan fingerprint density at radius 2 is 1.33 bits per heavy atom. The van der Waals surface area contributed by atoms with E-state index in [9.17, 15) is 0 Å². The van der Waals surface area contributed by atoms with Crippen molar-refractivity contribution in [3.05, 3.63) is 0 Å². The number of rotatable bonds is 2. The molecule has 0 rings (SSSR count). The van der Waals surface area contributed by atoms with Crippen molar-refractivity contribution in [2.45, 2.75) is 19.6 Å². The molecular weight excluding hydrogens is 209 g/mol. The zero-order valence-electron chi connectivity index (χ0n) is 5.84. The Labute approximate surface area is 73.1 Å². The molecule has 0 aromatic rings. The van der Waals surface area contributed by atoms with Crippen LogP contribution in [0.25, 0.3) is 0 Å². The Kier molecular flexibility index (Phi) is 3.66. The van der Waals surface area contributed by atoms with Crippen LogP contribution in [0.5, 0.6) is 0 Å². The Bertz CT molecular complexity index is 82.2. The standard InChI is InChI=1S/C3H10BCl3Si2/c1-8(2,3)4-9(5,6)7/h4H,1-3H3. The summed E-state index contributed by atoms with van der Waals surface area (Å²) in [5.74, 6) is -2.31. The maximum atomic E-state index is 5.72. The largest absolute Gasteiger partial charge is 0.298 e. The first-order valence-corrected chi connectivity index (χ1v) is 11.7. The summed E-state index contributed by atoms with van der Waals surface area (Å²) in [5.41, 5.74) is 0. The van der Waals surface area contributed by atoms with Crippen LogP contribution in [-0.2, 0) is 0 Å². The number of hydrogen-bond acceptors (Lipinski definition) is 0. The maximum absolute atomic E-state index is 5.72. The van der Waals surface area contributed by atoms with Gasteiger partial charge in [0.1, 0.15) is 0 Å². The lowest BCUT2D eigenvalue weighted by molar-refractivity contribution is 1.86. The van der Waals surface area contributed by atoms with Crippen molar-refractivity contribution >= 4 is 53.5 Å². The summed E-state index contributed by atoms with van der Waals surface area (Å²) in [6.45, 7) is 7.50. The predicted molar refractivity (Wildman–Crippen MR) is 53.8 cm³/mol. The minimum Gasteiger partial charge on any atom is -0.136 e. The lowest BCUT2D eigenvalue weighted by atomic mass is 10.7. The van der Waals surface area contributed by atoms with Crippen molar-refractivity contribution in [3.63, 3.8) is 0 Å². The zero-order chi connectivity index (χ0) is 7.71. The molecule has 0 bridgehead atoms. The van der Waals surface area contributed by atoms with E-state index in [2.05, 4.69) is 19.6 Å². The summed E-state index contributed by atoms with van der Waals surface area (Å²) in [5, 5.41) is 0. The molecule has 54 valence electrons. The van der Waals surface area contributed by atoms with Gasteiger partial charge in [0.15, 0.2) is 6.46 Å². The number of hydrogen-bond donors (Lipinski definition) is 0. The Morgan fingerprint density at radius 1 is 1.00 bits per heavy atom. The van der Waals surface area contributed by atoms with Gasteiger partial charge in [-0.15, -0.1) is 33.2 Å². The van der Waals surface area contributed by atoms with E-state index in [0.29, 0.717) is 0 Å². The molecule has 0 spiro atoms. The first-order valence-electron chi connectivity index (χ1n) is 2.77. The van der Waals surface area contributed by atoms with Gasteiger partial charge in [-0.25, -0.2) is 0 Å². The van der Waals surface area contributed by atoms with E-state index in [1.165, 1.54) is 0 Å². The summed E-state index contributed by atoms with van der Waals surface area (Å²) in [6, 6.07) is 0. The highest BCUT2D eigenvalue weighted by molar-refractivity contribution is 7.90. The Balaban J connectivity index is 3.75. The fourth-order valence-corrected chi connectivity index (χ4v) is 16.2. The van der Waals surface area contributed by atoms with Crippen LogP contribution >= 0.6 is 33.2 Å². The molecule has 0 aliphatic carbocycles. The molecule has 6 heteroatoms.